The Kier molecular flexibility index (Phi) is 5.19. The molecule has 0 aromatic carbocycles. The van der Waals surface area contributed by atoms with Gasteiger partial charge in [0.25, 0.3) is 0 Å². The number of thiocarbonyl (C=S) groups is 1. The van der Waals surface area contributed by atoms with Gasteiger partial charge in [-0.25, -0.2) is 0 Å². The first-order valence-corrected chi connectivity index (χ1v) is 4.39. The lowest BCUT2D eigenvalue weighted by molar-refractivity contribution is 0.243. The van der Waals surface area contributed by atoms with E-state index in [0.717, 1.165) is 5.75 Å². The second kappa shape index (κ2) is 5.06. The molecule has 0 amide bonds. The van der Waals surface area contributed by atoms with Crippen LogP contribution in [0.2, 0.25) is 0 Å². The van der Waals surface area contributed by atoms with Crippen LogP contribution in [-0.2, 0) is 4.74 Å². The van der Waals surface area contributed by atoms with Crippen LogP contribution in [0.4, 0.5) is 0 Å². The summed E-state index contributed by atoms with van der Waals surface area (Å²) >= 11 is 6.44. The van der Waals surface area contributed by atoms with Crippen molar-refractivity contribution < 1.29 is 4.74 Å². The van der Waals surface area contributed by atoms with Gasteiger partial charge in [0.2, 0.25) is 4.38 Å². The molecule has 0 aliphatic heterocycles. The Balaban J connectivity index is 3.27. The number of hydrogen-bond acceptors (Lipinski definition) is 3. The SMILES string of the molecule is CCSC(=S)OC(C)C. The van der Waals surface area contributed by atoms with Crippen molar-refractivity contribution in [2.45, 2.75) is 26.9 Å². The molecule has 0 saturated heterocycles. The summed E-state index contributed by atoms with van der Waals surface area (Å²) < 4.78 is 5.84. The molecule has 0 saturated carbocycles. The van der Waals surface area contributed by atoms with E-state index in [4.69, 9.17) is 17.0 Å². The second-order valence-electron chi connectivity index (χ2n) is 1.85. The minimum atomic E-state index is 0.219. The van der Waals surface area contributed by atoms with Crippen molar-refractivity contribution in [3.05, 3.63) is 0 Å². The van der Waals surface area contributed by atoms with E-state index in [9.17, 15) is 0 Å². The van der Waals surface area contributed by atoms with Gasteiger partial charge in [0.1, 0.15) is 0 Å². The smallest absolute Gasteiger partial charge is 0.220 e. The minimum Gasteiger partial charge on any atom is -0.476 e. The lowest BCUT2D eigenvalue weighted by atomic mass is 10.5. The van der Waals surface area contributed by atoms with E-state index in [2.05, 4.69) is 6.92 Å². The maximum atomic E-state index is 5.18. The van der Waals surface area contributed by atoms with E-state index >= 15 is 0 Å². The van der Waals surface area contributed by atoms with Gasteiger partial charge in [-0.3, -0.25) is 0 Å². The molecule has 0 aliphatic carbocycles. The minimum absolute atomic E-state index is 0.219. The van der Waals surface area contributed by atoms with Gasteiger partial charge in [-0.15, -0.1) is 0 Å². The Morgan fingerprint density at radius 1 is 1.67 bits per heavy atom. The number of ether oxygens (including phenoxy) is 1. The first kappa shape index (κ1) is 9.24. The van der Waals surface area contributed by atoms with E-state index in [0.29, 0.717) is 4.38 Å². The molecule has 0 atom stereocenters. The van der Waals surface area contributed by atoms with Gasteiger partial charge in [0, 0.05) is 0 Å². The zero-order valence-electron chi connectivity index (χ0n) is 6.01. The molecule has 0 aromatic heterocycles. The Labute approximate surface area is 66.2 Å². The second-order valence-corrected chi connectivity index (χ2v) is 3.72. The fraction of sp³-hybridized carbons (Fsp3) is 0.833. The monoisotopic (exact) mass is 164 g/mol. The largest absolute Gasteiger partial charge is 0.476 e. The summed E-state index contributed by atoms with van der Waals surface area (Å²) in [5.41, 5.74) is 0. The highest BCUT2D eigenvalue weighted by molar-refractivity contribution is 8.22. The average molecular weight is 164 g/mol. The number of hydrogen-bond donors (Lipinski definition) is 0. The van der Waals surface area contributed by atoms with E-state index in [1.54, 1.807) is 11.8 Å². The summed E-state index contributed by atoms with van der Waals surface area (Å²) in [6.07, 6.45) is 0.219. The van der Waals surface area contributed by atoms with Crippen LogP contribution in [-0.4, -0.2) is 16.2 Å². The Hall–Kier alpha value is 0.240. The van der Waals surface area contributed by atoms with E-state index in [-0.39, 0.29) is 6.10 Å². The van der Waals surface area contributed by atoms with Crippen LogP contribution in [0.5, 0.6) is 0 Å². The molecule has 1 nitrogen and oxygen atoms in total. The first-order valence-electron chi connectivity index (χ1n) is 3.00. The normalized spacial score (nSPS) is 9.78. The fourth-order valence-corrected chi connectivity index (χ4v) is 1.39. The van der Waals surface area contributed by atoms with Crippen LogP contribution < -0.4 is 0 Å². The topological polar surface area (TPSA) is 9.23 Å². The van der Waals surface area contributed by atoms with Gasteiger partial charge in [-0.05, 0) is 31.8 Å². The van der Waals surface area contributed by atoms with Crippen molar-refractivity contribution >= 4 is 28.4 Å². The van der Waals surface area contributed by atoms with Crippen molar-refractivity contribution in [1.82, 2.24) is 0 Å². The molecule has 0 rings (SSSR count). The number of thioether (sulfide) groups is 1. The zero-order valence-corrected chi connectivity index (χ0v) is 7.64. The molecule has 0 unspecified atom stereocenters. The van der Waals surface area contributed by atoms with Crippen LogP contribution >= 0.6 is 24.0 Å². The van der Waals surface area contributed by atoms with Crippen molar-refractivity contribution in [2.75, 3.05) is 5.75 Å². The molecule has 0 radical (unpaired) electrons. The summed E-state index contributed by atoms with van der Waals surface area (Å²) in [7, 11) is 0. The molecule has 0 heterocycles. The predicted octanol–water partition coefficient (Wildman–Crippen LogP) is 2.45. The maximum Gasteiger partial charge on any atom is 0.220 e. The molecule has 0 spiro atoms. The predicted molar refractivity (Wildman–Crippen MR) is 47.0 cm³/mol. The zero-order chi connectivity index (χ0) is 7.28. The van der Waals surface area contributed by atoms with Crippen molar-refractivity contribution in [3.8, 4) is 0 Å². The van der Waals surface area contributed by atoms with Crippen LogP contribution in [0.15, 0.2) is 0 Å². The highest BCUT2D eigenvalue weighted by Gasteiger charge is 1.97. The molecule has 9 heavy (non-hydrogen) atoms. The van der Waals surface area contributed by atoms with Crippen LogP contribution in [0.25, 0.3) is 0 Å². The van der Waals surface area contributed by atoms with Crippen molar-refractivity contribution in [2.24, 2.45) is 0 Å². The van der Waals surface area contributed by atoms with Gasteiger partial charge >= 0.3 is 0 Å². The van der Waals surface area contributed by atoms with Gasteiger partial charge in [0.15, 0.2) is 0 Å². The summed E-state index contributed by atoms with van der Waals surface area (Å²) in [5.74, 6) is 0.992. The molecule has 0 bridgehead atoms. The third-order valence-corrected chi connectivity index (χ3v) is 1.66. The van der Waals surface area contributed by atoms with E-state index in [1.165, 1.54) is 0 Å². The van der Waals surface area contributed by atoms with Crippen molar-refractivity contribution in [1.29, 1.82) is 0 Å². The van der Waals surface area contributed by atoms with Gasteiger partial charge < -0.3 is 4.74 Å². The third kappa shape index (κ3) is 6.12. The molecule has 0 N–H and O–H groups in total. The molecular weight excluding hydrogens is 152 g/mol. The van der Waals surface area contributed by atoms with Crippen molar-refractivity contribution in [3.63, 3.8) is 0 Å². The van der Waals surface area contributed by atoms with E-state index < -0.39 is 0 Å². The highest BCUT2D eigenvalue weighted by atomic mass is 32.2. The Bertz CT molecular complexity index is 91.1. The highest BCUT2D eigenvalue weighted by Crippen LogP contribution is 2.06. The lowest BCUT2D eigenvalue weighted by Gasteiger charge is -2.07. The van der Waals surface area contributed by atoms with Gasteiger partial charge in [-0.1, -0.05) is 18.7 Å². The van der Waals surface area contributed by atoms with Gasteiger partial charge in [0.05, 0.1) is 6.10 Å². The molecule has 3 heteroatoms. The average Bonchev–Trinajstić information content (AvgIpc) is 1.63. The molecule has 0 aromatic rings. The fourth-order valence-electron chi connectivity index (χ4n) is 0.344. The summed E-state index contributed by atoms with van der Waals surface area (Å²) in [4.78, 5) is 0. The van der Waals surface area contributed by atoms with Crippen LogP contribution in [0.3, 0.4) is 0 Å². The summed E-state index contributed by atoms with van der Waals surface area (Å²) in [6, 6.07) is 0. The molecule has 0 aliphatic rings. The maximum absolute atomic E-state index is 5.18. The molecule has 0 fully saturated rings. The standard InChI is InChI=1S/C6H12OS2/c1-4-9-6(8)7-5(2)3/h5H,4H2,1-3H3. The summed E-state index contributed by atoms with van der Waals surface area (Å²) in [5, 5.41) is 0. The molecule has 54 valence electrons. The van der Waals surface area contributed by atoms with Gasteiger partial charge in [-0.2, -0.15) is 0 Å². The van der Waals surface area contributed by atoms with E-state index in [1.807, 2.05) is 13.8 Å². The lowest BCUT2D eigenvalue weighted by Crippen LogP contribution is -2.05. The Morgan fingerprint density at radius 2 is 2.22 bits per heavy atom. The quantitative estimate of drug-likeness (QED) is 0.580. The first-order chi connectivity index (χ1) is 4.16. The summed E-state index contributed by atoms with van der Waals surface area (Å²) in [6.45, 7) is 6.01. The Morgan fingerprint density at radius 3 is 2.56 bits per heavy atom. The number of rotatable bonds is 2. The van der Waals surface area contributed by atoms with Crippen LogP contribution in [0, 0.1) is 0 Å². The third-order valence-electron chi connectivity index (χ3n) is 0.594. The molecular formula is C6H12OS2. The van der Waals surface area contributed by atoms with Crippen LogP contribution in [0.1, 0.15) is 20.8 Å².